The van der Waals surface area contributed by atoms with Gasteiger partial charge < -0.3 is 14.9 Å². The Bertz CT molecular complexity index is 416. The lowest BCUT2D eigenvalue weighted by atomic mass is 10.1. The minimum absolute atomic E-state index is 0.254. The molecule has 2 N–H and O–H groups in total. The molecule has 4 atom stereocenters. The molecule has 1 aromatic rings. The zero-order chi connectivity index (χ0) is 11.7. The summed E-state index contributed by atoms with van der Waals surface area (Å²) < 4.78 is 6.76. The van der Waals surface area contributed by atoms with E-state index in [1.165, 1.54) is 10.6 Å². The SMILES string of the molecule is CC[C@H]1O[C@@H](n2ccccc2=O)[C@H](O)[C@@H]1O. The van der Waals surface area contributed by atoms with Crippen molar-refractivity contribution in [2.24, 2.45) is 0 Å². The lowest BCUT2D eigenvalue weighted by molar-refractivity contribution is -0.0396. The highest BCUT2D eigenvalue weighted by Gasteiger charge is 2.42. The Hall–Kier alpha value is -1.17. The van der Waals surface area contributed by atoms with Gasteiger partial charge in [0.05, 0.1) is 6.10 Å². The summed E-state index contributed by atoms with van der Waals surface area (Å²) in [5.41, 5.74) is -0.254. The van der Waals surface area contributed by atoms with Crippen LogP contribution in [0.15, 0.2) is 29.2 Å². The second-order valence-electron chi connectivity index (χ2n) is 3.90. The molecule has 0 amide bonds. The van der Waals surface area contributed by atoms with Crippen LogP contribution in [0.4, 0.5) is 0 Å². The Morgan fingerprint density at radius 2 is 2.12 bits per heavy atom. The molecule has 88 valence electrons. The van der Waals surface area contributed by atoms with E-state index < -0.39 is 24.5 Å². The normalized spacial score (nSPS) is 34.2. The van der Waals surface area contributed by atoms with Crippen molar-refractivity contribution in [2.45, 2.75) is 37.9 Å². The van der Waals surface area contributed by atoms with E-state index in [4.69, 9.17) is 4.74 Å². The summed E-state index contributed by atoms with van der Waals surface area (Å²) in [4.78, 5) is 11.5. The summed E-state index contributed by atoms with van der Waals surface area (Å²) in [5.74, 6) is 0. The highest BCUT2D eigenvalue weighted by molar-refractivity contribution is 4.98. The largest absolute Gasteiger partial charge is 0.388 e. The maximum absolute atomic E-state index is 11.5. The Labute approximate surface area is 92.9 Å². The predicted molar refractivity (Wildman–Crippen MR) is 56.9 cm³/mol. The second kappa shape index (κ2) is 4.37. The highest BCUT2D eigenvalue weighted by atomic mass is 16.6. The highest BCUT2D eigenvalue weighted by Crippen LogP contribution is 2.29. The number of aliphatic hydroxyl groups excluding tert-OH is 2. The summed E-state index contributed by atoms with van der Waals surface area (Å²) in [6, 6.07) is 4.69. The Balaban J connectivity index is 2.30. The van der Waals surface area contributed by atoms with E-state index in [0.29, 0.717) is 6.42 Å². The Morgan fingerprint density at radius 1 is 1.38 bits per heavy atom. The van der Waals surface area contributed by atoms with Gasteiger partial charge in [0.2, 0.25) is 0 Å². The maximum Gasteiger partial charge on any atom is 0.252 e. The average Bonchev–Trinajstić information content (AvgIpc) is 2.57. The molecular weight excluding hydrogens is 210 g/mol. The van der Waals surface area contributed by atoms with Crippen LogP contribution in [0, 0.1) is 0 Å². The molecule has 0 aromatic carbocycles. The van der Waals surface area contributed by atoms with E-state index >= 15 is 0 Å². The number of ether oxygens (including phenoxy) is 1. The minimum Gasteiger partial charge on any atom is -0.388 e. The molecule has 1 fully saturated rings. The molecule has 0 aliphatic carbocycles. The van der Waals surface area contributed by atoms with Gasteiger partial charge in [0.25, 0.3) is 5.56 Å². The molecule has 5 heteroatoms. The molecule has 0 saturated carbocycles. The van der Waals surface area contributed by atoms with Crippen molar-refractivity contribution in [3.8, 4) is 0 Å². The molecule has 2 rings (SSSR count). The molecule has 0 radical (unpaired) electrons. The standard InChI is InChI=1S/C11H15NO4/c1-2-7-9(14)10(15)11(16-7)12-6-4-3-5-8(12)13/h3-7,9-11,14-15H,2H2,1H3/t7-,9-,10-,11-/m1/s1. The van der Waals surface area contributed by atoms with Crippen molar-refractivity contribution < 1.29 is 14.9 Å². The van der Waals surface area contributed by atoms with Crippen LogP contribution in [-0.4, -0.2) is 33.1 Å². The van der Waals surface area contributed by atoms with Crippen molar-refractivity contribution in [3.05, 3.63) is 34.7 Å². The van der Waals surface area contributed by atoms with Crippen molar-refractivity contribution in [2.75, 3.05) is 0 Å². The molecule has 5 nitrogen and oxygen atoms in total. The number of aliphatic hydroxyl groups is 2. The molecule has 1 aromatic heterocycles. The van der Waals surface area contributed by atoms with Gasteiger partial charge in [-0.25, -0.2) is 0 Å². The van der Waals surface area contributed by atoms with Gasteiger partial charge in [-0.15, -0.1) is 0 Å². The molecule has 2 heterocycles. The van der Waals surface area contributed by atoms with Gasteiger partial charge in [-0.3, -0.25) is 9.36 Å². The predicted octanol–water partition coefficient (Wildman–Crippen LogP) is -0.123. The van der Waals surface area contributed by atoms with E-state index in [1.807, 2.05) is 6.92 Å². The number of aromatic nitrogens is 1. The number of hydrogen-bond acceptors (Lipinski definition) is 4. The molecule has 1 saturated heterocycles. The zero-order valence-electron chi connectivity index (χ0n) is 8.98. The van der Waals surface area contributed by atoms with E-state index in [0.717, 1.165) is 0 Å². The number of hydrogen-bond donors (Lipinski definition) is 2. The summed E-state index contributed by atoms with van der Waals surface area (Å²) >= 11 is 0. The van der Waals surface area contributed by atoms with E-state index in [1.54, 1.807) is 18.3 Å². The molecular formula is C11H15NO4. The summed E-state index contributed by atoms with van der Waals surface area (Å²) in [6.07, 6.45) is -1.09. The van der Waals surface area contributed by atoms with Crippen molar-refractivity contribution in [3.63, 3.8) is 0 Å². The first-order valence-electron chi connectivity index (χ1n) is 5.34. The van der Waals surface area contributed by atoms with Gasteiger partial charge in [0.15, 0.2) is 6.23 Å². The smallest absolute Gasteiger partial charge is 0.252 e. The Kier molecular flexibility index (Phi) is 3.09. The minimum atomic E-state index is -1.06. The van der Waals surface area contributed by atoms with Crippen molar-refractivity contribution in [1.82, 2.24) is 4.57 Å². The number of pyridine rings is 1. The lowest BCUT2D eigenvalue weighted by Crippen LogP contribution is -2.34. The van der Waals surface area contributed by atoms with Gasteiger partial charge in [0.1, 0.15) is 12.2 Å². The van der Waals surface area contributed by atoms with Crippen molar-refractivity contribution in [1.29, 1.82) is 0 Å². The quantitative estimate of drug-likeness (QED) is 0.736. The van der Waals surface area contributed by atoms with Crippen LogP contribution >= 0.6 is 0 Å². The van der Waals surface area contributed by atoms with Gasteiger partial charge in [0, 0.05) is 12.3 Å². The fourth-order valence-electron chi connectivity index (χ4n) is 1.95. The second-order valence-corrected chi connectivity index (χ2v) is 3.90. The summed E-state index contributed by atoms with van der Waals surface area (Å²) in [7, 11) is 0. The van der Waals surface area contributed by atoms with Gasteiger partial charge >= 0.3 is 0 Å². The Morgan fingerprint density at radius 3 is 2.69 bits per heavy atom. The fraction of sp³-hybridized carbons (Fsp3) is 0.545. The monoisotopic (exact) mass is 225 g/mol. The van der Waals surface area contributed by atoms with Crippen LogP contribution < -0.4 is 5.56 Å². The fourth-order valence-corrected chi connectivity index (χ4v) is 1.95. The first-order chi connectivity index (χ1) is 7.65. The first-order valence-corrected chi connectivity index (χ1v) is 5.34. The van der Waals surface area contributed by atoms with Crippen LogP contribution in [0.25, 0.3) is 0 Å². The summed E-state index contributed by atoms with van der Waals surface area (Å²) in [6.45, 7) is 1.86. The van der Waals surface area contributed by atoms with Crippen LogP contribution in [0.2, 0.25) is 0 Å². The van der Waals surface area contributed by atoms with E-state index in [-0.39, 0.29) is 5.56 Å². The van der Waals surface area contributed by atoms with E-state index in [2.05, 4.69) is 0 Å². The lowest BCUT2D eigenvalue weighted by Gasteiger charge is -2.17. The van der Waals surface area contributed by atoms with Crippen LogP contribution in [0.3, 0.4) is 0 Å². The van der Waals surface area contributed by atoms with E-state index in [9.17, 15) is 15.0 Å². The van der Waals surface area contributed by atoms with Gasteiger partial charge in [-0.2, -0.15) is 0 Å². The third kappa shape index (κ3) is 1.77. The average molecular weight is 225 g/mol. The van der Waals surface area contributed by atoms with Crippen LogP contribution in [0.1, 0.15) is 19.6 Å². The maximum atomic E-state index is 11.5. The van der Waals surface area contributed by atoms with Crippen LogP contribution in [0.5, 0.6) is 0 Å². The number of nitrogens with zero attached hydrogens (tertiary/aromatic N) is 1. The summed E-state index contributed by atoms with van der Waals surface area (Å²) in [5, 5.41) is 19.5. The van der Waals surface area contributed by atoms with Gasteiger partial charge in [-0.05, 0) is 12.5 Å². The molecule has 0 spiro atoms. The third-order valence-corrected chi connectivity index (χ3v) is 2.86. The zero-order valence-corrected chi connectivity index (χ0v) is 8.98. The van der Waals surface area contributed by atoms with Gasteiger partial charge in [-0.1, -0.05) is 13.0 Å². The number of rotatable bonds is 2. The molecule has 0 unspecified atom stereocenters. The molecule has 1 aliphatic rings. The molecule has 0 bridgehead atoms. The third-order valence-electron chi connectivity index (χ3n) is 2.86. The topological polar surface area (TPSA) is 71.7 Å². The first kappa shape index (κ1) is 11.3. The molecule has 16 heavy (non-hydrogen) atoms. The van der Waals surface area contributed by atoms with Crippen LogP contribution in [-0.2, 0) is 4.74 Å². The molecule has 1 aliphatic heterocycles. The van der Waals surface area contributed by atoms with Crippen molar-refractivity contribution >= 4 is 0 Å².